The van der Waals surface area contributed by atoms with Gasteiger partial charge in [-0.05, 0) is 104 Å². The number of hydrogen-bond donors (Lipinski definition) is 0. The van der Waals surface area contributed by atoms with Crippen LogP contribution in [0.1, 0.15) is 30.5 Å². The van der Waals surface area contributed by atoms with Gasteiger partial charge in [0, 0.05) is 34.5 Å². The molecular formula is C51H34N6. The summed E-state index contributed by atoms with van der Waals surface area (Å²) < 4.78 is 0. The van der Waals surface area contributed by atoms with Gasteiger partial charge in [0.25, 0.3) is 0 Å². The van der Waals surface area contributed by atoms with Gasteiger partial charge in [-0.3, -0.25) is 9.97 Å². The van der Waals surface area contributed by atoms with Gasteiger partial charge in [0.05, 0.1) is 22.7 Å². The molecule has 57 heavy (non-hydrogen) atoms. The summed E-state index contributed by atoms with van der Waals surface area (Å²) in [6.45, 7) is 4.48. The average molecular weight is 731 g/mol. The number of aromatic nitrogens is 5. The molecule has 0 saturated heterocycles. The van der Waals surface area contributed by atoms with Crippen molar-refractivity contribution >= 4 is 11.0 Å². The zero-order valence-electron chi connectivity index (χ0n) is 31.3. The molecular weight excluding hydrogens is 697 g/mol. The second-order valence-corrected chi connectivity index (χ2v) is 14.9. The van der Waals surface area contributed by atoms with Gasteiger partial charge < -0.3 is 0 Å². The Morgan fingerprint density at radius 1 is 0.404 bits per heavy atom. The summed E-state index contributed by atoms with van der Waals surface area (Å²) in [5.41, 5.74) is 15.9. The van der Waals surface area contributed by atoms with Crippen LogP contribution in [0.15, 0.2) is 170 Å². The second-order valence-electron chi connectivity index (χ2n) is 14.9. The molecule has 2 aromatic heterocycles. The lowest BCUT2D eigenvalue weighted by molar-refractivity contribution is 0.660. The fraction of sp³-hybridized carbons (Fsp3) is 0.0588. The number of rotatable bonds is 6. The predicted octanol–water partition coefficient (Wildman–Crippen LogP) is 12.0. The molecule has 0 N–H and O–H groups in total. The Balaban J connectivity index is 1.15. The number of fused-ring (bicyclic) bond motifs is 4. The molecule has 0 saturated carbocycles. The van der Waals surface area contributed by atoms with Gasteiger partial charge in [-0.1, -0.05) is 123 Å². The van der Waals surface area contributed by atoms with E-state index in [-0.39, 0.29) is 5.41 Å². The molecule has 9 aromatic rings. The van der Waals surface area contributed by atoms with Crippen molar-refractivity contribution in [3.63, 3.8) is 0 Å². The third kappa shape index (κ3) is 6.12. The molecule has 0 aliphatic heterocycles. The maximum absolute atomic E-state index is 9.69. The minimum Gasteiger partial charge on any atom is -0.253 e. The van der Waals surface area contributed by atoms with Gasteiger partial charge in [-0.25, -0.2) is 15.0 Å². The molecule has 6 nitrogen and oxygen atoms in total. The van der Waals surface area contributed by atoms with E-state index < -0.39 is 0 Å². The Labute approximate surface area is 330 Å². The molecule has 0 bridgehead atoms. The fourth-order valence-electron chi connectivity index (χ4n) is 8.01. The molecule has 1 aliphatic rings. The van der Waals surface area contributed by atoms with Crippen molar-refractivity contribution in [1.29, 1.82) is 5.26 Å². The quantitative estimate of drug-likeness (QED) is 0.169. The van der Waals surface area contributed by atoms with Crippen molar-refractivity contribution in [2.75, 3.05) is 0 Å². The van der Waals surface area contributed by atoms with Crippen LogP contribution in [0.5, 0.6) is 0 Å². The molecule has 0 spiro atoms. The first-order valence-electron chi connectivity index (χ1n) is 19.0. The Morgan fingerprint density at radius 2 is 0.877 bits per heavy atom. The summed E-state index contributed by atoms with van der Waals surface area (Å²) in [6.07, 6.45) is 3.44. The van der Waals surface area contributed by atoms with Gasteiger partial charge in [-0.2, -0.15) is 5.26 Å². The Morgan fingerprint density at radius 3 is 1.54 bits per heavy atom. The minimum atomic E-state index is -0.283. The number of benzene rings is 7. The van der Waals surface area contributed by atoms with E-state index in [9.17, 15) is 5.26 Å². The predicted molar refractivity (Wildman–Crippen MR) is 228 cm³/mol. The van der Waals surface area contributed by atoms with Crippen LogP contribution in [0.4, 0.5) is 0 Å². The van der Waals surface area contributed by atoms with Gasteiger partial charge in [0.15, 0.2) is 17.5 Å². The van der Waals surface area contributed by atoms with E-state index in [4.69, 9.17) is 15.0 Å². The maximum atomic E-state index is 9.69. The van der Waals surface area contributed by atoms with Crippen molar-refractivity contribution in [3.05, 3.63) is 187 Å². The van der Waals surface area contributed by atoms with Gasteiger partial charge in [0.1, 0.15) is 0 Å². The molecule has 7 aromatic carbocycles. The number of nitrogens with zero attached hydrogens (tertiary/aromatic N) is 6. The summed E-state index contributed by atoms with van der Waals surface area (Å²) in [4.78, 5) is 24.5. The largest absolute Gasteiger partial charge is 0.253 e. The minimum absolute atomic E-state index is 0.283. The maximum Gasteiger partial charge on any atom is 0.164 e. The van der Waals surface area contributed by atoms with Gasteiger partial charge >= 0.3 is 0 Å². The van der Waals surface area contributed by atoms with E-state index in [2.05, 4.69) is 133 Å². The topological polar surface area (TPSA) is 88.2 Å². The molecule has 0 fully saturated rings. The molecule has 0 amide bonds. The van der Waals surface area contributed by atoms with Crippen LogP contribution in [-0.4, -0.2) is 24.9 Å². The highest BCUT2D eigenvalue weighted by Gasteiger charge is 2.36. The highest BCUT2D eigenvalue weighted by atomic mass is 15.0. The van der Waals surface area contributed by atoms with E-state index in [0.717, 1.165) is 61.1 Å². The van der Waals surface area contributed by atoms with Gasteiger partial charge in [-0.15, -0.1) is 0 Å². The zero-order valence-corrected chi connectivity index (χ0v) is 31.3. The number of hydrogen-bond acceptors (Lipinski definition) is 6. The Bertz CT molecular complexity index is 3040. The summed E-state index contributed by atoms with van der Waals surface area (Å²) >= 11 is 0. The van der Waals surface area contributed by atoms with Crippen LogP contribution >= 0.6 is 0 Å². The van der Waals surface area contributed by atoms with Crippen LogP contribution in [0.25, 0.3) is 89.7 Å². The summed E-state index contributed by atoms with van der Waals surface area (Å²) in [7, 11) is 0. The van der Waals surface area contributed by atoms with Crippen LogP contribution in [0.2, 0.25) is 0 Å². The first-order valence-corrected chi connectivity index (χ1v) is 19.0. The van der Waals surface area contributed by atoms with Crippen molar-refractivity contribution in [1.82, 2.24) is 24.9 Å². The second kappa shape index (κ2) is 13.6. The molecule has 6 heteroatoms. The van der Waals surface area contributed by atoms with Crippen molar-refractivity contribution < 1.29 is 0 Å². The molecule has 10 rings (SSSR count). The van der Waals surface area contributed by atoms with E-state index in [0.29, 0.717) is 23.0 Å². The Kier molecular flexibility index (Phi) is 8.09. The van der Waals surface area contributed by atoms with Crippen LogP contribution in [0.3, 0.4) is 0 Å². The molecule has 0 unspecified atom stereocenters. The van der Waals surface area contributed by atoms with Crippen LogP contribution < -0.4 is 0 Å². The van der Waals surface area contributed by atoms with E-state index in [1.807, 2.05) is 54.6 Å². The molecule has 268 valence electrons. The highest BCUT2D eigenvalue weighted by Crippen LogP contribution is 2.50. The fourth-order valence-corrected chi connectivity index (χ4v) is 8.01. The first kappa shape index (κ1) is 33.9. The molecule has 0 radical (unpaired) electrons. The zero-order chi connectivity index (χ0) is 38.5. The summed E-state index contributed by atoms with van der Waals surface area (Å²) in [5, 5.41) is 9.69. The standard InChI is InChI=1S/C51H34N6/c1-51(2)44-25-32(31-52)13-20-42(44)43-21-18-37(29-45(43)51)39-26-40(38-19-22-46-47(30-38)54-24-23-53-46)28-41(27-39)50-56-48(35-11-7-4-8-12-35)55-49(57-50)36-16-14-34(15-17-36)33-9-5-3-6-10-33/h3-30H,1-2H3. The third-order valence-corrected chi connectivity index (χ3v) is 11.0. The Hall–Kier alpha value is -7.62. The van der Waals surface area contributed by atoms with Crippen molar-refractivity contribution in [2.24, 2.45) is 0 Å². The van der Waals surface area contributed by atoms with Crippen LogP contribution in [-0.2, 0) is 5.41 Å². The van der Waals surface area contributed by atoms with Crippen molar-refractivity contribution in [2.45, 2.75) is 19.3 Å². The SMILES string of the molecule is CC1(C)c2cc(C#N)ccc2-c2ccc(-c3cc(-c4ccc5nccnc5c4)cc(-c4nc(-c5ccccc5)nc(-c5ccc(-c6ccccc6)cc5)n4)c3)cc21. The van der Waals surface area contributed by atoms with Crippen LogP contribution in [0, 0.1) is 11.3 Å². The molecule has 1 aliphatic carbocycles. The van der Waals surface area contributed by atoms with Gasteiger partial charge in [0.2, 0.25) is 0 Å². The normalized spacial score (nSPS) is 12.5. The highest BCUT2D eigenvalue weighted by molar-refractivity contribution is 5.88. The summed E-state index contributed by atoms with van der Waals surface area (Å²) in [6, 6.07) is 56.7. The summed E-state index contributed by atoms with van der Waals surface area (Å²) in [5.74, 6) is 1.78. The van der Waals surface area contributed by atoms with E-state index in [1.54, 1.807) is 12.4 Å². The lowest BCUT2D eigenvalue weighted by Gasteiger charge is -2.22. The smallest absolute Gasteiger partial charge is 0.164 e. The lowest BCUT2D eigenvalue weighted by atomic mass is 9.81. The monoisotopic (exact) mass is 730 g/mol. The first-order chi connectivity index (χ1) is 27.9. The average Bonchev–Trinajstić information content (AvgIpc) is 3.51. The molecule has 2 heterocycles. The van der Waals surface area contributed by atoms with E-state index >= 15 is 0 Å². The molecule has 0 atom stereocenters. The lowest BCUT2D eigenvalue weighted by Crippen LogP contribution is -2.15. The van der Waals surface area contributed by atoms with E-state index in [1.165, 1.54) is 22.3 Å². The van der Waals surface area contributed by atoms with Crippen molar-refractivity contribution in [3.8, 4) is 84.7 Å². The number of nitriles is 1. The third-order valence-electron chi connectivity index (χ3n) is 11.0.